The van der Waals surface area contributed by atoms with Crippen LogP contribution in [0.3, 0.4) is 0 Å². The van der Waals surface area contributed by atoms with Crippen molar-refractivity contribution in [2.75, 3.05) is 36.4 Å². The van der Waals surface area contributed by atoms with Gasteiger partial charge in [0.25, 0.3) is 5.91 Å². The molecule has 0 unspecified atom stereocenters. The van der Waals surface area contributed by atoms with Gasteiger partial charge in [0, 0.05) is 43.3 Å². The van der Waals surface area contributed by atoms with Crippen LogP contribution in [0.4, 0.5) is 11.4 Å². The van der Waals surface area contributed by atoms with Crippen molar-refractivity contribution in [3.63, 3.8) is 0 Å². The Hall–Kier alpha value is -2.44. The summed E-state index contributed by atoms with van der Waals surface area (Å²) in [5.74, 6) is 0.471. The van der Waals surface area contributed by atoms with E-state index >= 15 is 0 Å². The molecule has 1 aliphatic heterocycles. The average molecular weight is 478 g/mol. The number of nitrogens with one attached hydrogen (secondary N) is 1. The van der Waals surface area contributed by atoms with Crippen LogP contribution in [0.25, 0.3) is 0 Å². The summed E-state index contributed by atoms with van der Waals surface area (Å²) in [6, 6.07) is 12.3. The normalized spacial score (nSPS) is 14.3. The van der Waals surface area contributed by atoms with Crippen molar-refractivity contribution in [3.8, 4) is 5.75 Å². The van der Waals surface area contributed by atoms with E-state index in [1.54, 1.807) is 44.2 Å². The lowest BCUT2D eigenvalue weighted by atomic mass is 10.1. The fourth-order valence-corrected chi connectivity index (χ4v) is 3.96. The number of halogens is 2. The Balaban J connectivity index is 1.60. The highest BCUT2D eigenvalue weighted by Crippen LogP contribution is 2.30. The third kappa shape index (κ3) is 6.08. The Morgan fingerprint density at radius 2 is 1.69 bits per heavy atom. The minimum absolute atomic E-state index is 0.208. The first-order valence-electron chi connectivity index (χ1n) is 10.8. The first kappa shape index (κ1) is 24.2. The van der Waals surface area contributed by atoms with E-state index in [0.717, 1.165) is 25.2 Å². The van der Waals surface area contributed by atoms with Gasteiger partial charge in [0.2, 0.25) is 5.91 Å². The first-order valence-corrected chi connectivity index (χ1v) is 11.5. The van der Waals surface area contributed by atoms with E-state index in [1.165, 1.54) is 0 Å². The lowest BCUT2D eigenvalue weighted by Crippen LogP contribution is -2.48. The van der Waals surface area contributed by atoms with Gasteiger partial charge in [-0.05, 0) is 62.7 Å². The van der Waals surface area contributed by atoms with Crippen LogP contribution < -0.4 is 15.0 Å². The van der Waals surface area contributed by atoms with E-state index in [1.807, 2.05) is 24.0 Å². The number of carbonyl (C=O) groups is 2. The first-order chi connectivity index (χ1) is 15.2. The average Bonchev–Trinajstić information content (AvgIpc) is 2.75. The van der Waals surface area contributed by atoms with E-state index in [0.29, 0.717) is 41.0 Å². The summed E-state index contributed by atoms with van der Waals surface area (Å²) in [6.45, 7) is 8.23. The number of hydrogen-bond donors (Lipinski definition) is 1. The Kier molecular flexibility index (Phi) is 7.91. The topological polar surface area (TPSA) is 61.9 Å². The Labute approximate surface area is 199 Å². The van der Waals surface area contributed by atoms with Gasteiger partial charge in [-0.2, -0.15) is 0 Å². The zero-order valence-corrected chi connectivity index (χ0v) is 20.2. The van der Waals surface area contributed by atoms with E-state index in [9.17, 15) is 9.59 Å². The molecule has 0 radical (unpaired) electrons. The second kappa shape index (κ2) is 10.5. The molecule has 1 heterocycles. The maximum absolute atomic E-state index is 12.8. The van der Waals surface area contributed by atoms with E-state index in [4.69, 9.17) is 27.9 Å². The quantitative estimate of drug-likeness (QED) is 0.592. The zero-order chi connectivity index (χ0) is 23.3. The molecule has 0 aliphatic carbocycles. The minimum Gasteiger partial charge on any atom is -0.478 e. The lowest BCUT2D eigenvalue weighted by molar-refractivity contribution is -0.131. The van der Waals surface area contributed by atoms with E-state index in [-0.39, 0.29) is 11.8 Å². The summed E-state index contributed by atoms with van der Waals surface area (Å²) in [6.07, 6.45) is 1.45. The number of benzene rings is 2. The zero-order valence-electron chi connectivity index (χ0n) is 18.7. The highest BCUT2D eigenvalue weighted by Gasteiger charge is 2.30. The number of carbonyl (C=O) groups excluding carboxylic acids is 2. The molecule has 2 aromatic carbocycles. The van der Waals surface area contributed by atoms with Gasteiger partial charge >= 0.3 is 0 Å². The minimum atomic E-state index is -1.10. The Bertz CT molecular complexity index is 955. The fourth-order valence-electron chi connectivity index (χ4n) is 3.54. The van der Waals surface area contributed by atoms with Crippen LogP contribution in [0, 0.1) is 0 Å². The highest BCUT2D eigenvalue weighted by atomic mass is 35.5. The number of ether oxygens (including phenoxy) is 1. The Morgan fingerprint density at radius 3 is 2.28 bits per heavy atom. The van der Waals surface area contributed by atoms with Gasteiger partial charge in [-0.15, -0.1) is 0 Å². The van der Waals surface area contributed by atoms with E-state index < -0.39 is 5.60 Å². The molecule has 3 rings (SSSR count). The van der Waals surface area contributed by atoms with Gasteiger partial charge in [0.05, 0.1) is 10.7 Å². The molecule has 8 heteroatoms. The molecule has 172 valence electrons. The van der Waals surface area contributed by atoms with Crippen molar-refractivity contribution < 1.29 is 14.3 Å². The molecule has 2 amide bonds. The van der Waals surface area contributed by atoms with Crippen molar-refractivity contribution >= 4 is 46.4 Å². The van der Waals surface area contributed by atoms with E-state index in [2.05, 4.69) is 10.2 Å². The van der Waals surface area contributed by atoms with Crippen LogP contribution in [-0.4, -0.2) is 48.5 Å². The van der Waals surface area contributed by atoms with Gasteiger partial charge in [-0.25, -0.2) is 0 Å². The SMILES string of the molecule is CCCC(=O)N1CCN(c2ccc(NC(=O)C(C)(C)Oc3ccc(Cl)cc3)cc2Cl)CC1. The molecule has 1 fully saturated rings. The number of rotatable bonds is 7. The maximum Gasteiger partial charge on any atom is 0.267 e. The second-order valence-electron chi connectivity index (χ2n) is 8.30. The molecule has 0 atom stereocenters. The van der Waals surface area contributed by atoms with Crippen molar-refractivity contribution in [2.24, 2.45) is 0 Å². The summed E-state index contributed by atoms with van der Waals surface area (Å²) in [5.41, 5.74) is 0.387. The molecule has 0 spiro atoms. The number of nitrogens with zero attached hydrogens (tertiary/aromatic N) is 2. The molecular formula is C24H29Cl2N3O3. The maximum atomic E-state index is 12.8. The van der Waals surface area contributed by atoms with Gasteiger partial charge in [0.15, 0.2) is 5.60 Å². The van der Waals surface area contributed by atoms with Crippen molar-refractivity contribution in [2.45, 2.75) is 39.2 Å². The van der Waals surface area contributed by atoms with Gasteiger partial charge in [-0.1, -0.05) is 30.1 Å². The monoisotopic (exact) mass is 477 g/mol. The molecule has 32 heavy (non-hydrogen) atoms. The molecule has 6 nitrogen and oxygen atoms in total. The largest absolute Gasteiger partial charge is 0.478 e. The van der Waals surface area contributed by atoms with Crippen LogP contribution in [0.1, 0.15) is 33.6 Å². The van der Waals surface area contributed by atoms with Crippen LogP contribution >= 0.6 is 23.2 Å². The van der Waals surface area contributed by atoms with Gasteiger partial charge in [-0.3, -0.25) is 9.59 Å². The van der Waals surface area contributed by atoms with Crippen molar-refractivity contribution in [1.82, 2.24) is 4.90 Å². The summed E-state index contributed by atoms with van der Waals surface area (Å²) in [5, 5.41) is 4.02. The van der Waals surface area contributed by atoms with Crippen molar-refractivity contribution in [3.05, 3.63) is 52.5 Å². The molecule has 0 aromatic heterocycles. The van der Waals surface area contributed by atoms with Crippen LogP contribution in [0.15, 0.2) is 42.5 Å². The fraction of sp³-hybridized carbons (Fsp3) is 0.417. The molecule has 1 aliphatic rings. The molecule has 1 saturated heterocycles. The standard InChI is InChI=1S/C24H29Cl2N3O3/c1-4-5-22(30)29-14-12-28(13-15-29)21-11-8-18(16-20(21)26)27-23(31)24(2,3)32-19-9-6-17(25)7-10-19/h6-11,16H,4-5,12-15H2,1-3H3,(H,27,31). The molecular weight excluding hydrogens is 449 g/mol. The lowest BCUT2D eigenvalue weighted by Gasteiger charge is -2.36. The third-order valence-electron chi connectivity index (χ3n) is 5.38. The summed E-state index contributed by atoms with van der Waals surface area (Å²) in [7, 11) is 0. The number of hydrogen-bond acceptors (Lipinski definition) is 4. The predicted molar refractivity (Wildman–Crippen MR) is 130 cm³/mol. The Morgan fingerprint density at radius 1 is 1.03 bits per heavy atom. The number of amides is 2. The number of anilines is 2. The predicted octanol–water partition coefficient (Wildman–Crippen LogP) is 5.24. The van der Waals surface area contributed by atoms with Gasteiger partial charge in [0.1, 0.15) is 5.75 Å². The van der Waals surface area contributed by atoms with Crippen LogP contribution in [0.5, 0.6) is 5.75 Å². The third-order valence-corrected chi connectivity index (χ3v) is 5.93. The van der Waals surface area contributed by atoms with Crippen molar-refractivity contribution in [1.29, 1.82) is 0 Å². The molecule has 0 saturated carbocycles. The summed E-state index contributed by atoms with van der Waals surface area (Å²) < 4.78 is 5.84. The second-order valence-corrected chi connectivity index (χ2v) is 9.15. The summed E-state index contributed by atoms with van der Waals surface area (Å²) in [4.78, 5) is 29.0. The summed E-state index contributed by atoms with van der Waals surface area (Å²) >= 11 is 12.4. The molecule has 2 aromatic rings. The molecule has 1 N–H and O–H groups in total. The molecule has 0 bridgehead atoms. The smallest absolute Gasteiger partial charge is 0.267 e. The van der Waals surface area contributed by atoms with Gasteiger partial charge < -0.3 is 19.9 Å². The highest BCUT2D eigenvalue weighted by molar-refractivity contribution is 6.33. The number of piperazine rings is 1. The van der Waals surface area contributed by atoms with Crippen LogP contribution in [0.2, 0.25) is 10.0 Å². The van der Waals surface area contributed by atoms with Crippen LogP contribution in [-0.2, 0) is 9.59 Å².